The number of aromatic nitrogens is 2. The number of hydrogen-bond donors (Lipinski definition) is 0. The van der Waals surface area contributed by atoms with Gasteiger partial charge < -0.3 is 14.4 Å². The van der Waals surface area contributed by atoms with Gasteiger partial charge in [0.2, 0.25) is 0 Å². The summed E-state index contributed by atoms with van der Waals surface area (Å²) in [5.41, 5.74) is 0.636. The van der Waals surface area contributed by atoms with Crippen LogP contribution in [0.5, 0.6) is 0 Å². The van der Waals surface area contributed by atoms with Gasteiger partial charge in [0.15, 0.2) is 0 Å². The Morgan fingerprint density at radius 1 is 0.932 bits per heavy atom. The molecule has 0 spiro atoms. The Labute approximate surface area is 268 Å². The Balaban J connectivity index is 0.00000442. The Hall–Kier alpha value is -3.24. The van der Waals surface area contributed by atoms with E-state index in [1.54, 1.807) is 25.3 Å². The number of rotatable bonds is 12. The lowest BCUT2D eigenvalue weighted by Gasteiger charge is -2.34. The molecule has 8 nitrogen and oxygen atoms in total. The van der Waals surface area contributed by atoms with Crippen molar-refractivity contribution in [3.05, 3.63) is 104 Å². The number of thiophene rings is 1. The van der Waals surface area contributed by atoms with E-state index in [1.807, 2.05) is 23.6 Å². The standard InChI is InChI=1S/C34H41N3O5S.ClH/c1-4-41-32(39)34(2,3)37-31(38)30-28(19-24-43-30)36(33(37)40)21-12-11-20-35-22-17-27(18-23-35)42-29(25-13-7-5-8-14-25)26-15-9-6-10-16-26;/h5-10,13-16,19,24,27,29H,4,11-12,17-18,20-23H2,1-3H3;1H. The molecule has 4 aromatic rings. The normalized spacial score (nSPS) is 14.5. The zero-order valence-electron chi connectivity index (χ0n) is 25.6. The zero-order chi connectivity index (χ0) is 30.4. The van der Waals surface area contributed by atoms with Crippen LogP contribution in [0.4, 0.5) is 0 Å². The van der Waals surface area contributed by atoms with Gasteiger partial charge in [-0.15, -0.1) is 23.7 Å². The van der Waals surface area contributed by atoms with Crippen molar-refractivity contribution in [2.75, 3.05) is 26.2 Å². The van der Waals surface area contributed by atoms with Crippen LogP contribution < -0.4 is 11.2 Å². The highest BCUT2D eigenvalue weighted by atomic mass is 35.5. The molecule has 5 rings (SSSR count). The van der Waals surface area contributed by atoms with Crippen LogP contribution in [-0.2, 0) is 26.4 Å². The molecule has 1 saturated heterocycles. The SMILES string of the molecule is CCOC(=O)C(C)(C)n1c(=O)c2sccc2n(CCCCN2CCC(OC(c3ccccc3)c3ccccc3)CC2)c1=O.Cl. The Bertz CT molecular complexity index is 1590. The van der Waals surface area contributed by atoms with Crippen molar-refractivity contribution in [1.82, 2.24) is 14.0 Å². The number of ether oxygens (including phenoxy) is 2. The summed E-state index contributed by atoms with van der Waals surface area (Å²) in [7, 11) is 0. The van der Waals surface area contributed by atoms with E-state index in [0.717, 1.165) is 49.9 Å². The van der Waals surface area contributed by atoms with E-state index in [4.69, 9.17) is 9.47 Å². The predicted molar refractivity (Wildman–Crippen MR) is 178 cm³/mol. The van der Waals surface area contributed by atoms with Crippen molar-refractivity contribution in [2.45, 2.75) is 70.7 Å². The zero-order valence-corrected chi connectivity index (χ0v) is 27.3. The molecule has 3 heterocycles. The van der Waals surface area contributed by atoms with Crippen LogP contribution in [-0.4, -0.2) is 52.3 Å². The Morgan fingerprint density at radius 2 is 1.52 bits per heavy atom. The summed E-state index contributed by atoms with van der Waals surface area (Å²) in [6, 6.07) is 22.6. The minimum absolute atomic E-state index is 0. The summed E-state index contributed by atoms with van der Waals surface area (Å²) in [5.74, 6) is -0.595. The summed E-state index contributed by atoms with van der Waals surface area (Å²) in [5, 5.41) is 1.82. The van der Waals surface area contributed by atoms with Crippen LogP contribution in [0.3, 0.4) is 0 Å². The highest BCUT2D eigenvalue weighted by Crippen LogP contribution is 2.30. The first-order chi connectivity index (χ1) is 20.8. The van der Waals surface area contributed by atoms with E-state index in [0.29, 0.717) is 16.8 Å². The topological polar surface area (TPSA) is 82.8 Å². The van der Waals surface area contributed by atoms with Crippen LogP contribution in [0, 0.1) is 0 Å². The van der Waals surface area contributed by atoms with Gasteiger partial charge in [0.05, 0.1) is 18.2 Å². The molecule has 0 aliphatic carbocycles. The number of carbonyl (C=O) groups is 1. The number of piperidine rings is 1. The first kappa shape index (κ1) is 33.6. The molecule has 1 aliphatic rings. The van der Waals surface area contributed by atoms with E-state index in [2.05, 4.69) is 53.4 Å². The van der Waals surface area contributed by atoms with Crippen molar-refractivity contribution in [1.29, 1.82) is 0 Å². The lowest BCUT2D eigenvalue weighted by Crippen LogP contribution is -2.53. The molecular weight excluding hydrogens is 598 g/mol. The number of hydrogen-bond acceptors (Lipinski definition) is 7. The molecule has 2 aromatic heterocycles. The maximum Gasteiger partial charge on any atom is 0.332 e. The number of fused-ring (bicyclic) bond motifs is 1. The number of carbonyl (C=O) groups excluding carboxylic acids is 1. The van der Waals surface area contributed by atoms with Crippen LogP contribution in [0.25, 0.3) is 10.2 Å². The second-order valence-corrected chi connectivity index (χ2v) is 12.5. The van der Waals surface area contributed by atoms with Gasteiger partial charge >= 0.3 is 11.7 Å². The van der Waals surface area contributed by atoms with Crippen molar-refractivity contribution >= 4 is 39.9 Å². The first-order valence-corrected chi connectivity index (χ1v) is 16.1. The average Bonchev–Trinajstić information content (AvgIpc) is 3.51. The lowest BCUT2D eigenvalue weighted by atomic mass is 10.00. The monoisotopic (exact) mass is 639 g/mol. The van der Waals surface area contributed by atoms with Crippen molar-refractivity contribution in [3.8, 4) is 0 Å². The second kappa shape index (κ2) is 15.2. The molecular formula is C34H42ClN3O5S. The number of nitrogens with zero attached hydrogens (tertiary/aromatic N) is 3. The van der Waals surface area contributed by atoms with E-state index in [1.165, 1.54) is 22.5 Å². The predicted octanol–water partition coefficient (Wildman–Crippen LogP) is 6.00. The molecule has 1 fully saturated rings. The molecule has 0 unspecified atom stereocenters. The van der Waals surface area contributed by atoms with Crippen LogP contribution >= 0.6 is 23.7 Å². The Morgan fingerprint density at radius 3 is 2.11 bits per heavy atom. The van der Waals surface area contributed by atoms with E-state index < -0.39 is 22.8 Å². The summed E-state index contributed by atoms with van der Waals surface area (Å²) in [6.07, 6.45) is 3.75. The summed E-state index contributed by atoms with van der Waals surface area (Å²) < 4.78 is 15.1. The van der Waals surface area contributed by atoms with Crippen LogP contribution in [0.15, 0.2) is 81.7 Å². The molecule has 10 heteroatoms. The minimum atomic E-state index is -1.41. The van der Waals surface area contributed by atoms with E-state index in [-0.39, 0.29) is 31.2 Å². The highest BCUT2D eigenvalue weighted by Gasteiger charge is 2.36. The third kappa shape index (κ3) is 7.34. The molecule has 0 saturated carbocycles. The third-order valence-electron chi connectivity index (χ3n) is 8.26. The number of halogens is 1. The number of esters is 1. The van der Waals surface area contributed by atoms with Crippen molar-refractivity contribution in [3.63, 3.8) is 0 Å². The largest absolute Gasteiger partial charge is 0.464 e. The molecule has 0 amide bonds. The van der Waals surface area contributed by atoms with Gasteiger partial charge in [0.25, 0.3) is 5.56 Å². The third-order valence-corrected chi connectivity index (χ3v) is 9.15. The fraction of sp³-hybridized carbons (Fsp3) is 0.441. The molecule has 2 aromatic carbocycles. The number of likely N-dealkylation sites (tertiary alicyclic amines) is 1. The maximum atomic E-state index is 13.6. The fourth-order valence-corrected chi connectivity index (χ4v) is 6.69. The van der Waals surface area contributed by atoms with Crippen LogP contribution in [0.2, 0.25) is 0 Å². The number of aryl methyl sites for hydroxylation is 1. The quantitative estimate of drug-likeness (QED) is 0.140. The molecule has 44 heavy (non-hydrogen) atoms. The number of benzene rings is 2. The van der Waals surface area contributed by atoms with Crippen molar-refractivity contribution < 1.29 is 14.3 Å². The lowest BCUT2D eigenvalue weighted by molar-refractivity contribution is -0.152. The summed E-state index contributed by atoms with van der Waals surface area (Å²) in [6.45, 7) is 8.35. The van der Waals surface area contributed by atoms with Gasteiger partial charge in [0, 0.05) is 19.6 Å². The fourth-order valence-electron chi connectivity index (χ4n) is 5.87. The average molecular weight is 640 g/mol. The smallest absolute Gasteiger partial charge is 0.332 e. The van der Waals surface area contributed by atoms with E-state index >= 15 is 0 Å². The summed E-state index contributed by atoms with van der Waals surface area (Å²) in [4.78, 5) is 42.0. The van der Waals surface area contributed by atoms with Gasteiger partial charge in [-0.2, -0.15) is 0 Å². The van der Waals surface area contributed by atoms with Crippen LogP contribution in [0.1, 0.15) is 63.7 Å². The molecule has 0 atom stereocenters. The van der Waals surface area contributed by atoms with Gasteiger partial charge in [-0.1, -0.05) is 60.7 Å². The van der Waals surface area contributed by atoms with Gasteiger partial charge in [-0.25, -0.2) is 14.2 Å². The molecule has 0 N–H and O–H groups in total. The maximum absolute atomic E-state index is 13.6. The minimum Gasteiger partial charge on any atom is -0.464 e. The van der Waals surface area contributed by atoms with Gasteiger partial charge in [-0.05, 0) is 75.6 Å². The molecule has 236 valence electrons. The molecule has 0 bridgehead atoms. The molecule has 0 radical (unpaired) electrons. The number of unbranched alkanes of at least 4 members (excludes halogenated alkanes) is 1. The molecule has 1 aliphatic heterocycles. The Kier molecular flexibility index (Phi) is 11.6. The first-order valence-electron chi connectivity index (χ1n) is 15.2. The van der Waals surface area contributed by atoms with Gasteiger partial charge in [0.1, 0.15) is 16.3 Å². The van der Waals surface area contributed by atoms with Gasteiger partial charge in [-0.3, -0.25) is 9.36 Å². The van der Waals surface area contributed by atoms with E-state index in [9.17, 15) is 14.4 Å². The second-order valence-electron chi connectivity index (χ2n) is 11.6. The highest BCUT2D eigenvalue weighted by molar-refractivity contribution is 7.17. The van der Waals surface area contributed by atoms with Crippen molar-refractivity contribution in [2.24, 2.45) is 0 Å². The summed E-state index contributed by atoms with van der Waals surface area (Å²) >= 11 is 1.29.